The summed E-state index contributed by atoms with van der Waals surface area (Å²) in [5, 5.41) is 8.74. The van der Waals surface area contributed by atoms with Crippen molar-refractivity contribution in [2.75, 3.05) is 26.7 Å². The topological polar surface area (TPSA) is 49.5 Å². The maximum Gasteiger partial charge on any atom is 0.0443 e. The fraction of sp³-hybridized carbons (Fsp3) is 0.538. The third-order valence-electron chi connectivity index (χ3n) is 2.82. The van der Waals surface area contributed by atoms with Gasteiger partial charge in [-0.05, 0) is 44.1 Å². The second-order valence-corrected chi connectivity index (χ2v) is 5.24. The standard InChI is InChI=1S/C13H21BrN2O/c1-16(8-2-10-17)9-7-13(15)11-3-5-12(14)6-4-11/h3-6,13,17H,2,7-10,15H2,1H3. The number of rotatable bonds is 7. The van der Waals surface area contributed by atoms with Gasteiger partial charge in [-0.2, -0.15) is 0 Å². The molecule has 0 aromatic heterocycles. The van der Waals surface area contributed by atoms with Crippen molar-refractivity contribution < 1.29 is 5.11 Å². The van der Waals surface area contributed by atoms with Crippen molar-refractivity contribution in [3.05, 3.63) is 34.3 Å². The number of nitrogens with zero attached hydrogens (tertiary/aromatic N) is 1. The molecule has 17 heavy (non-hydrogen) atoms. The van der Waals surface area contributed by atoms with Gasteiger partial charge in [0.2, 0.25) is 0 Å². The van der Waals surface area contributed by atoms with Crippen LogP contribution in [0.5, 0.6) is 0 Å². The number of nitrogens with two attached hydrogens (primary N) is 1. The molecule has 0 fully saturated rings. The molecule has 4 heteroatoms. The minimum absolute atomic E-state index is 0.0830. The molecule has 0 amide bonds. The van der Waals surface area contributed by atoms with Crippen molar-refractivity contribution in [1.29, 1.82) is 0 Å². The third-order valence-corrected chi connectivity index (χ3v) is 3.35. The zero-order valence-corrected chi connectivity index (χ0v) is 11.9. The quantitative estimate of drug-likeness (QED) is 0.811. The Labute approximate surface area is 112 Å². The molecule has 96 valence electrons. The smallest absolute Gasteiger partial charge is 0.0443 e. The molecule has 0 aliphatic rings. The normalized spacial score (nSPS) is 13.0. The van der Waals surface area contributed by atoms with Gasteiger partial charge in [-0.15, -0.1) is 0 Å². The Balaban J connectivity index is 2.34. The van der Waals surface area contributed by atoms with E-state index in [-0.39, 0.29) is 12.6 Å². The molecule has 0 aliphatic carbocycles. The molecule has 0 radical (unpaired) electrons. The number of halogens is 1. The molecule has 0 saturated carbocycles. The molecule has 1 atom stereocenters. The van der Waals surface area contributed by atoms with Crippen LogP contribution < -0.4 is 5.73 Å². The first-order valence-electron chi connectivity index (χ1n) is 5.94. The van der Waals surface area contributed by atoms with Crippen molar-refractivity contribution >= 4 is 15.9 Å². The first-order valence-corrected chi connectivity index (χ1v) is 6.73. The number of benzene rings is 1. The van der Waals surface area contributed by atoms with Crippen LogP contribution in [0.1, 0.15) is 24.4 Å². The predicted molar refractivity (Wildman–Crippen MR) is 74.9 cm³/mol. The fourth-order valence-electron chi connectivity index (χ4n) is 1.69. The van der Waals surface area contributed by atoms with Gasteiger partial charge in [0, 0.05) is 23.7 Å². The molecule has 1 unspecified atom stereocenters. The van der Waals surface area contributed by atoms with Crippen LogP contribution in [0.4, 0.5) is 0 Å². The van der Waals surface area contributed by atoms with Gasteiger partial charge in [0.25, 0.3) is 0 Å². The summed E-state index contributed by atoms with van der Waals surface area (Å²) in [6.45, 7) is 2.13. The lowest BCUT2D eigenvalue weighted by atomic mass is 10.0. The highest BCUT2D eigenvalue weighted by atomic mass is 79.9. The summed E-state index contributed by atoms with van der Waals surface area (Å²) < 4.78 is 1.08. The largest absolute Gasteiger partial charge is 0.396 e. The van der Waals surface area contributed by atoms with E-state index in [9.17, 15) is 0 Å². The van der Waals surface area contributed by atoms with E-state index in [1.54, 1.807) is 0 Å². The maximum atomic E-state index is 8.74. The molecule has 3 nitrogen and oxygen atoms in total. The van der Waals surface area contributed by atoms with Crippen LogP contribution >= 0.6 is 15.9 Å². The zero-order chi connectivity index (χ0) is 12.7. The number of hydrogen-bond acceptors (Lipinski definition) is 3. The molecule has 0 saturated heterocycles. The summed E-state index contributed by atoms with van der Waals surface area (Å²) in [6, 6.07) is 8.24. The van der Waals surface area contributed by atoms with Gasteiger partial charge in [0.15, 0.2) is 0 Å². The van der Waals surface area contributed by atoms with Crippen LogP contribution in [0, 0.1) is 0 Å². The van der Waals surface area contributed by atoms with E-state index >= 15 is 0 Å². The average molecular weight is 301 g/mol. The van der Waals surface area contributed by atoms with Crippen molar-refractivity contribution in [2.45, 2.75) is 18.9 Å². The number of hydrogen-bond donors (Lipinski definition) is 2. The van der Waals surface area contributed by atoms with E-state index in [0.717, 1.165) is 30.4 Å². The number of aliphatic hydroxyl groups excluding tert-OH is 1. The Morgan fingerprint density at radius 3 is 2.53 bits per heavy atom. The monoisotopic (exact) mass is 300 g/mol. The Morgan fingerprint density at radius 1 is 1.29 bits per heavy atom. The highest BCUT2D eigenvalue weighted by molar-refractivity contribution is 9.10. The van der Waals surface area contributed by atoms with Gasteiger partial charge < -0.3 is 15.7 Å². The molecule has 0 heterocycles. The van der Waals surface area contributed by atoms with Gasteiger partial charge in [0.05, 0.1) is 0 Å². The van der Waals surface area contributed by atoms with Crippen molar-refractivity contribution in [3.63, 3.8) is 0 Å². The molecule has 0 spiro atoms. The minimum Gasteiger partial charge on any atom is -0.396 e. The molecule has 0 bridgehead atoms. The van der Waals surface area contributed by atoms with Crippen molar-refractivity contribution in [3.8, 4) is 0 Å². The summed E-state index contributed by atoms with van der Waals surface area (Å²) in [7, 11) is 2.06. The maximum absolute atomic E-state index is 8.74. The number of aliphatic hydroxyl groups is 1. The van der Waals surface area contributed by atoms with Crippen molar-refractivity contribution in [2.24, 2.45) is 5.73 Å². The Bertz CT molecular complexity index is 316. The van der Waals surface area contributed by atoms with E-state index in [2.05, 4.69) is 40.0 Å². The molecular formula is C13H21BrN2O. The van der Waals surface area contributed by atoms with Crippen LogP contribution in [0.15, 0.2) is 28.7 Å². The highest BCUT2D eigenvalue weighted by Gasteiger charge is 2.07. The van der Waals surface area contributed by atoms with Gasteiger partial charge in [-0.1, -0.05) is 28.1 Å². The first-order chi connectivity index (χ1) is 8.13. The average Bonchev–Trinajstić information content (AvgIpc) is 2.34. The first kappa shape index (κ1) is 14.6. The van der Waals surface area contributed by atoms with Gasteiger partial charge in [-0.25, -0.2) is 0 Å². The molecule has 0 aliphatic heterocycles. The van der Waals surface area contributed by atoms with Crippen molar-refractivity contribution in [1.82, 2.24) is 4.90 Å². The van der Waals surface area contributed by atoms with Gasteiger partial charge in [0.1, 0.15) is 0 Å². The Hall–Kier alpha value is -0.420. The van der Waals surface area contributed by atoms with Crippen LogP contribution in [-0.4, -0.2) is 36.8 Å². The zero-order valence-electron chi connectivity index (χ0n) is 10.3. The highest BCUT2D eigenvalue weighted by Crippen LogP contribution is 2.17. The SMILES string of the molecule is CN(CCCO)CCC(N)c1ccc(Br)cc1. The predicted octanol–water partition coefficient (Wildman–Crippen LogP) is 2.15. The van der Waals surface area contributed by atoms with Crippen LogP contribution in [0.2, 0.25) is 0 Å². The van der Waals surface area contributed by atoms with Crippen LogP contribution in [-0.2, 0) is 0 Å². The van der Waals surface area contributed by atoms with E-state index in [4.69, 9.17) is 10.8 Å². The summed E-state index contributed by atoms with van der Waals surface area (Å²) in [6.07, 6.45) is 1.76. The van der Waals surface area contributed by atoms with Crippen LogP contribution in [0.25, 0.3) is 0 Å². The summed E-state index contributed by atoms with van der Waals surface area (Å²) >= 11 is 3.41. The summed E-state index contributed by atoms with van der Waals surface area (Å²) in [5.41, 5.74) is 7.30. The second kappa shape index (κ2) is 7.82. The Morgan fingerprint density at radius 2 is 1.94 bits per heavy atom. The minimum atomic E-state index is 0.0830. The van der Waals surface area contributed by atoms with Gasteiger partial charge >= 0.3 is 0 Å². The van der Waals surface area contributed by atoms with E-state index < -0.39 is 0 Å². The van der Waals surface area contributed by atoms with E-state index in [0.29, 0.717) is 0 Å². The summed E-state index contributed by atoms with van der Waals surface area (Å²) in [5.74, 6) is 0. The Kier molecular flexibility index (Phi) is 6.73. The fourth-order valence-corrected chi connectivity index (χ4v) is 1.95. The molecule has 1 rings (SSSR count). The molecule has 1 aromatic carbocycles. The lowest BCUT2D eigenvalue weighted by Gasteiger charge is -2.19. The van der Waals surface area contributed by atoms with E-state index in [1.807, 2.05) is 12.1 Å². The van der Waals surface area contributed by atoms with Gasteiger partial charge in [-0.3, -0.25) is 0 Å². The molecule has 1 aromatic rings. The molecular weight excluding hydrogens is 280 g/mol. The van der Waals surface area contributed by atoms with Crippen LogP contribution in [0.3, 0.4) is 0 Å². The second-order valence-electron chi connectivity index (χ2n) is 4.33. The summed E-state index contributed by atoms with van der Waals surface area (Å²) in [4.78, 5) is 2.20. The van der Waals surface area contributed by atoms with E-state index in [1.165, 1.54) is 5.56 Å². The third kappa shape index (κ3) is 5.64. The lowest BCUT2D eigenvalue weighted by Crippen LogP contribution is -2.25. The lowest BCUT2D eigenvalue weighted by molar-refractivity contribution is 0.244. The molecule has 3 N–H and O–H groups in total.